The number of methoxy groups -OCH3 is 1. The predicted molar refractivity (Wildman–Crippen MR) is 70.2 cm³/mol. The van der Waals surface area contributed by atoms with Gasteiger partial charge in [0.2, 0.25) is 0 Å². The third kappa shape index (κ3) is 7.10. The van der Waals surface area contributed by atoms with Crippen molar-refractivity contribution in [2.75, 3.05) is 33.5 Å². The Balaban J connectivity index is 1.97. The Kier molecular flexibility index (Phi) is 7.63. The van der Waals surface area contributed by atoms with Crippen LogP contribution in [0, 0.1) is 6.92 Å². The first-order valence-corrected chi connectivity index (χ1v) is 6.16. The van der Waals surface area contributed by atoms with Gasteiger partial charge in [-0.3, -0.25) is 0 Å². The Morgan fingerprint density at radius 1 is 1.18 bits per heavy atom. The van der Waals surface area contributed by atoms with E-state index in [1.807, 2.05) is 0 Å². The third-order valence-electron chi connectivity index (χ3n) is 2.49. The summed E-state index contributed by atoms with van der Waals surface area (Å²) in [6.45, 7) is 6.20. The summed E-state index contributed by atoms with van der Waals surface area (Å²) in [5.41, 5.74) is 2.65. The molecule has 0 saturated carbocycles. The highest BCUT2D eigenvalue weighted by molar-refractivity contribution is 5.21. The van der Waals surface area contributed by atoms with Gasteiger partial charge in [0.1, 0.15) is 0 Å². The monoisotopic (exact) mass is 237 g/mol. The molecule has 96 valence electrons. The normalized spacial score (nSPS) is 10.7. The van der Waals surface area contributed by atoms with Crippen molar-refractivity contribution in [3.63, 3.8) is 0 Å². The summed E-state index contributed by atoms with van der Waals surface area (Å²) in [5.74, 6) is 0. The highest BCUT2D eigenvalue weighted by atomic mass is 16.5. The zero-order valence-electron chi connectivity index (χ0n) is 10.9. The van der Waals surface area contributed by atoms with E-state index in [9.17, 15) is 0 Å². The van der Waals surface area contributed by atoms with Gasteiger partial charge in [-0.15, -0.1) is 0 Å². The van der Waals surface area contributed by atoms with Crippen LogP contribution in [0.1, 0.15) is 17.5 Å². The molecule has 1 aromatic rings. The molecule has 0 bridgehead atoms. The zero-order chi connectivity index (χ0) is 12.3. The summed E-state index contributed by atoms with van der Waals surface area (Å²) in [4.78, 5) is 0. The first-order chi connectivity index (χ1) is 8.33. The van der Waals surface area contributed by atoms with Gasteiger partial charge in [-0.1, -0.05) is 29.8 Å². The summed E-state index contributed by atoms with van der Waals surface area (Å²) in [5, 5.41) is 3.41. The summed E-state index contributed by atoms with van der Waals surface area (Å²) < 4.78 is 10.3. The van der Waals surface area contributed by atoms with Crippen LogP contribution in [0.5, 0.6) is 0 Å². The van der Waals surface area contributed by atoms with E-state index < -0.39 is 0 Å². The second-order valence-electron chi connectivity index (χ2n) is 4.12. The van der Waals surface area contributed by atoms with Crippen molar-refractivity contribution in [3.05, 3.63) is 35.4 Å². The molecule has 0 unspecified atom stereocenters. The first kappa shape index (κ1) is 14.2. The Hall–Kier alpha value is -0.900. The highest BCUT2D eigenvalue weighted by Crippen LogP contribution is 2.02. The van der Waals surface area contributed by atoms with Crippen molar-refractivity contribution in [2.45, 2.75) is 19.9 Å². The molecule has 3 nitrogen and oxygen atoms in total. The molecule has 17 heavy (non-hydrogen) atoms. The second-order valence-corrected chi connectivity index (χ2v) is 4.12. The molecule has 0 atom stereocenters. The SMILES string of the molecule is COCCOCCCNCc1cccc(C)c1. The third-order valence-corrected chi connectivity index (χ3v) is 2.49. The molecule has 0 radical (unpaired) electrons. The zero-order valence-corrected chi connectivity index (χ0v) is 10.9. The maximum atomic E-state index is 5.38. The number of ether oxygens (including phenoxy) is 2. The Morgan fingerprint density at radius 3 is 2.82 bits per heavy atom. The molecule has 3 heteroatoms. The summed E-state index contributed by atoms with van der Waals surface area (Å²) in [6, 6.07) is 8.57. The predicted octanol–water partition coefficient (Wildman–Crippen LogP) is 2.14. The van der Waals surface area contributed by atoms with Crippen LogP contribution in [0.15, 0.2) is 24.3 Å². The molecule has 0 aliphatic rings. The number of nitrogens with one attached hydrogen (secondary N) is 1. The minimum Gasteiger partial charge on any atom is -0.382 e. The standard InChI is InChI=1S/C14H23NO2/c1-13-5-3-6-14(11-13)12-15-7-4-8-17-10-9-16-2/h3,5-6,11,15H,4,7-10,12H2,1-2H3. The van der Waals surface area contributed by atoms with Crippen molar-refractivity contribution in [1.82, 2.24) is 5.32 Å². The van der Waals surface area contributed by atoms with Gasteiger partial charge in [0.05, 0.1) is 13.2 Å². The van der Waals surface area contributed by atoms with Gasteiger partial charge in [0.15, 0.2) is 0 Å². The first-order valence-electron chi connectivity index (χ1n) is 6.16. The van der Waals surface area contributed by atoms with Crippen molar-refractivity contribution in [1.29, 1.82) is 0 Å². The van der Waals surface area contributed by atoms with E-state index in [1.54, 1.807) is 7.11 Å². The highest BCUT2D eigenvalue weighted by Gasteiger charge is 1.93. The summed E-state index contributed by atoms with van der Waals surface area (Å²) in [6.07, 6.45) is 1.04. The number of hydrogen-bond acceptors (Lipinski definition) is 3. The molecule has 1 aromatic carbocycles. The van der Waals surface area contributed by atoms with Crippen LogP contribution in [0.3, 0.4) is 0 Å². The van der Waals surface area contributed by atoms with Gasteiger partial charge in [0, 0.05) is 20.3 Å². The van der Waals surface area contributed by atoms with Gasteiger partial charge in [-0.25, -0.2) is 0 Å². The molecule has 0 heterocycles. The van der Waals surface area contributed by atoms with Crippen molar-refractivity contribution in [3.8, 4) is 0 Å². The smallest absolute Gasteiger partial charge is 0.0700 e. The van der Waals surface area contributed by atoms with Crippen molar-refractivity contribution < 1.29 is 9.47 Å². The van der Waals surface area contributed by atoms with E-state index in [4.69, 9.17) is 9.47 Å². The lowest BCUT2D eigenvalue weighted by atomic mass is 10.1. The molecule has 0 aromatic heterocycles. The number of hydrogen-bond donors (Lipinski definition) is 1. The molecule has 0 saturated heterocycles. The van der Waals surface area contributed by atoms with E-state index >= 15 is 0 Å². The summed E-state index contributed by atoms with van der Waals surface area (Å²) in [7, 11) is 1.69. The van der Waals surface area contributed by atoms with Crippen LogP contribution >= 0.6 is 0 Å². The van der Waals surface area contributed by atoms with Crippen LogP contribution in [-0.2, 0) is 16.0 Å². The van der Waals surface area contributed by atoms with Gasteiger partial charge >= 0.3 is 0 Å². The Labute approximate surface area is 104 Å². The Morgan fingerprint density at radius 2 is 2.06 bits per heavy atom. The van der Waals surface area contributed by atoms with E-state index in [1.165, 1.54) is 11.1 Å². The summed E-state index contributed by atoms with van der Waals surface area (Å²) >= 11 is 0. The van der Waals surface area contributed by atoms with E-state index in [2.05, 4.69) is 36.5 Å². The molecule has 0 aliphatic carbocycles. The molecule has 0 spiro atoms. The lowest BCUT2D eigenvalue weighted by Crippen LogP contribution is -2.16. The fraction of sp³-hybridized carbons (Fsp3) is 0.571. The largest absolute Gasteiger partial charge is 0.382 e. The van der Waals surface area contributed by atoms with Gasteiger partial charge in [-0.05, 0) is 25.5 Å². The quantitative estimate of drug-likeness (QED) is 0.667. The van der Waals surface area contributed by atoms with E-state index in [0.29, 0.717) is 13.2 Å². The molecule has 1 rings (SSSR count). The molecule has 0 aliphatic heterocycles. The van der Waals surface area contributed by atoms with E-state index in [-0.39, 0.29) is 0 Å². The molecular formula is C14H23NO2. The average Bonchev–Trinajstić information content (AvgIpc) is 2.33. The lowest BCUT2D eigenvalue weighted by molar-refractivity contribution is 0.0695. The van der Waals surface area contributed by atoms with Crippen LogP contribution in [0.25, 0.3) is 0 Å². The van der Waals surface area contributed by atoms with Gasteiger partial charge in [0.25, 0.3) is 0 Å². The fourth-order valence-corrected chi connectivity index (χ4v) is 1.60. The number of aryl methyl sites for hydroxylation is 1. The van der Waals surface area contributed by atoms with Crippen molar-refractivity contribution in [2.24, 2.45) is 0 Å². The second kappa shape index (κ2) is 9.16. The topological polar surface area (TPSA) is 30.5 Å². The number of rotatable bonds is 9. The van der Waals surface area contributed by atoms with Crippen LogP contribution in [0.2, 0.25) is 0 Å². The maximum Gasteiger partial charge on any atom is 0.0700 e. The van der Waals surface area contributed by atoms with E-state index in [0.717, 1.165) is 26.1 Å². The van der Waals surface area contributed by atoms with Crippen LogP contribution < -0.4 is 5.32 Å². The minimum absolute atomic E-state index is 0.677. The van der Waals surface area contributed by atoms with Crippen molar-refractivity contribution >= 4 is 0 Å². The minimum atomic E-state index is 0.677. The van der Waals surface area contributed by atoms with Gasteiger partial charge in [-0.2, -0.15) is 0 Å². The molecule has 0 fully saturated rings. The average molecular weight is 237 g/mol. The van der Waals surface area contributed by atoms with Crippen LogP contribution in [0.4, 0.5) is 0 Å². The Bertz CT molecular complexity index is 302. The maximum absolute atomic E-state index is 5.38. The molecule has 1 N–H and O–H groups in total. The number of benzene rings is 1. The van der Waals surface area contributed by atoms with Crippen LogP contribution in [-0.4, -0.2) is 33.5 Å². The fourth-order valence-electron chi connectivity index (χ4n) is 1.60. The lowest BCUT2D eigenvalue weighted by Gasteiger charge is -2.06. The molecular weight excluding hydrogens is 214 g/mol. The molecule has 0 amide bonds. The van der Waals surface area contributed by atoms with Gasteiger partial charge < -0.3 is 14.8 Å².